The van der Waals surface area contributed by atoms with Gasteiger partial charge >= 0.3 is 12.1 Å². The molecule has 0 atom stereocenters. The highest BCUT2D eigenvalue weighted by Gasteiger charge is 2.34. The van der Waals surface area contributed by atoms with Crippen LogP contribution in [0.25, 0.3) is 10.9 Å². The molecule has 0 unspecified atom stereocenters. The SMILES string of the molecule is O=C(O)CNC(=O)c1c(O)c2ccccc2n(OCc2csc(C(F)(F)F)n2)c1=O. The Labute approximate surface area is 168 Å². The van der Waals surface area contributed by atoms with Crippen LogP contribution in [-0.2, 0) is 17.6 Å². The highest BCUT2D eigenvalue weighted by molar-refractivity contribution is 7.09. The van der Waals surface area contributed by atoms with E-state index >= 15 is 0 Å². The highest BCUT2D eigenvalue weighted by atomic mass is 32.1. The van der Waals surface area contributed by atoms with Crippen molar-refractivity contribution in [3.63, 3.8) is 0 Å². The molecule has 0 bridgehead atoms. The molecule has 0 saturated carbocycles. The van der Waals surface area contributed by atoms with Gasteiger partial charge in [-0.25, -0.2) is 4.98 Å². The minimum absolute atomic E-state index is 0.0341. The first-order valence-electron chi connectivity index (χ1n) is 8.11. The molecule has 0 aliphatic carbocycles. The summed E-state index contributed by atoms with van der Waals surface area (Å²) >= 11 is 0.356. The van der Waals surface area contributed by atoms with Crippen molar-refractivity contribution < 1.29 is 37.8 Å². The molecule has 30 heavy (non-hydrogen) atoms. The van der Waals surface area contributed by atoms with Gasteiger partial charge in [0.25, 0.3) is 11.5 Å². The van der Waals surface area contributed by atoms with E-state index in [1.807, 2.05) is 5.32 Å². The Morgan fingerprint density at radius 3 is 2.60 bits per heavy atom. The molecule has 3 N–H and O–H groups in total. The third kappa shape index (κ3) is 4.20. The maximum Gasteiger partial charge on any atom is 0.443 e. The molecule has 0 aliphatic rings. The van der Waals surface area contributed by atoms with E-state index in [9.17, 15) is 32.7 Å². The van der Waals surface area contributed by atoms with Crippen LogP contribution in [0.1, 0.15) is 21.1 Å². The number of alkyl halides is 3. The van der Waals surface area contributed by atoms with Crippen molar-refractivity contribution in [3.8, 4) is 5.75 Å². The summed E-state index contributed by atoms with van der Waals surface area (Å²) in [5.41, 5.74) is -1.96. The standard InChI is InChI=1S/C17H12F3N3O6S/c18-17(19,20)16-22-8(7-30-16)6-29-23-10-4-2-1-3-9(10)13(26)12(15(23)28)14(27)21-5-11(24)25/h1-4,7,26H,5-6H2,(H,21,27)(H,24,25). The molecule has 0 aliphatic heterocycles. The summed E-state index contributed by atoms with van der Waals surface area (Å²) in [6.07, 6.45) is -4.62. The topological polar surface area (TPSA) is 131 Å². The van der Waals surface area contributed by atoms with Gasteiger partial charge in [-0.2, -0.15) is 13.2 Å². The Morgan fingerprint density at radius 2 is 1.97 bits per heavy atom. The number of thiazole rings is 1. The summed E-state index contributed by atoms with van der Waals surface area (Å²) < 4.78 is 38.7. The van der Waals surface area contributed by atoms with E-state index in [1.165, 1.54) is 24.3 Å². The minimum Gasteiger partial charge on any atom is -0.506 e. The summed E-state index contributed by atoms with van der Waals surface area (Å²) in [5.74, 6) is -3.22. The van der Waals surface area contributed by atoms with Gasteiger partial charge in [-0.3, -0.25) is 14.4 Å². The average molecular weight is 443 g/mol. The summed E-state index contributed by atoms with van der Waals surface area (Å²) in [4.78, 5) is 44.3. The van der Waals surface area contributed by atoms with E-state index in [2.05, 4.69) is 4.98 Å². The molecule has 3 rings (SSSR count). The number of rotatable bonds is 6. The van der Waals surface area contributed by atoms with Gasteiger partial charge in [0.1, 0.15) is 12.3 Å². The van der Waals surface area contributed by atoms with E-state index in [-0.39, 0.29) is 16.6 Å². The molecule has 2 aromatic heterocycles. The van der Waals surface area contributed by atoms with Gasteiger partial charge in [0.2, 0.25) is 0 Å². The molecular formula is C17H12F3N3O6S. The molecule has 2 heterocycles. The maximum atomic E-state index is 12.7. The van der Waals surface area contributed by atoms with Crippen LogP contribution in [0.3, 0.4) is 0 Å². The largest absolute Gasteiger partial charge is 0.506 e. The van der Waals surface area contributed by atoms with Crippen LogP contribution in [-0.4, -0.2) is 38.3 Å². The van der Waals surface area contributed by atoms with Gasteiger partial charge in [-0.15, -0.1) is 16.1 Å². The maximum absolute atomic E-state index is 12.7. The predicted molar refractivity (Wildman–Crippen MR) is 97.2 cm³/mol. The number of aromatic hydroxyl groups is 1. The van der Waals surface area contributed by atoms with Crippen molar-refractivity contribution in [2.75, 3.05) is 6.54 Å². The Morgan fingerprint density at radius 1 is 1.27 bits per heavy atom. The normalized spacial score (nSPS) is 11.4. The quantitative estimate of drug-likeness (QED) is 0.528. The van der Waals surface area contributed by atoms with Crippen molar-refractivity contribution in [2.45, 2.75) is 12.8 Å². The first-order chi connectivity index (χ1) is 14.1. The zero-order chi connectivity index (χ0) is 22.1. The monoisotopic (exact) mass is 443 g/mol. The number of halogens is 3. The first-order valence-corrected chi connectivity index (χ1v) is 8.99. The van der Waals surface area contributed by atoms with Crippen LogP contribution in [0.4, 0.5) is 13.2 Å². The fraction of sp³-hybridized carbons (Fsp3) is 0.176. The predicted octanol–water partition coefficient (Wildman–Crippen LogP) is 1.63. The lowest BCUT2D eigenvalue weighted by atomic mass is 10.1. The summed E-state index contributed by atoms with van der Waals surface area (Å²) in [5, 5.41) is 21.0. The Balaban J connectivity index is 2.01. The number of nitrogens with zero attached hydrogens (tertiary/aromatic N) is 2. The molecule has 0 saturated heterocycles. The molecule has 0 radical (unpaired) electrons. The van der Waals surface area contributed by atoms with Gasteiger partial charge in [0.15, 0.2) is 17.2 Å². The van der Waals surface area contributed by atoms with Crippen LogP contribution in [0, 0.1) is 0 Å². The number of amides is 1. The van der Waals surface area contributed by atoms with Crippen LogP contribution < -0.4 is 15.7 Å². The Hall–Kier alpha value is -3.61. The number of carbonyl (C=O) groups excluding carboxylic acids is 1. The molecule has 0 fully saturated rings. The van der Waals surface area contributed by atoms with Gasteiger partial charge in [-0.05, 0) is 12.1 Å². The molecule has 0 spiro atoms. The van der Waals surface area contributed by atoms with E-state index < -0.39 is 53.1 Å². The number of hydrogen-bond donors (Lipinski definition) is 3. The number of fused-ring (bicyclic) bond motifs is 1. The summed E-state index contributed by atoms with van der Waals surface area (Å²) in [7, 11) is 0. The van der Waals surface area contributed by atoms with Crippen LogP contribution >= 0.6 is 11.3 Å². The number of para-hydroxylation sites is 1. The van der Waals surface area contributed by atoms with E-state index in [0.717, 1.165) is 5.38 Å². The van der Waals surface area contributed by atoms with Crippen molar-refractivity contribution >= 4 is 34.1 Å². The fourth-order valence-electron chi connectivity index (χ4n) is 2.51. The number of carboxylic acids is 1. The summed E-state index contributed by atoms with van der Waals surface area (Å²) in [6, 6.07) is 5.78. The number of nitrogens with one attached hydrogen (secondary N) is 1. The van der Waals surface area contributed by atoms with E-state index in [1.54, 1.807) is 0 Å². The lowest BCUT2D eigenvalue weighted by Gasteiger charge is -2.14. The molecule has 1 amide bonds. The average Bonchev–Trinajstić information content (AvgIpc) is 3.16. The smallest absolute Gasteiger partial charge is 0.443 e. The van der Waals surface area contributed by atoms with Gasteiger partial charge in [0, 0.05) is 10.8 Å². The number of carboxylic acid groups (broad SMARTS) is 1. The lowest BCUT2D eigenvalue weighted by molar-refractivity contribution is -0.138. The molecule has 1 aromatic carbocycles. The van der Waals surface area contributed by atoms with Crippen LogP contribution in [0.5, 0.6) is 5.75 Å². The number of hydrogen-bond acceptors (Lipinski definition) is 7. The summed E-state index contributed by atoms with van der Waals surface area (Å²) in [6.45, 7) is -1.33. The molecular weight excluding hydrogens is 431 g/mol. The van der Waals surface area contributed by atoms with E-state index in [4.69, 9.17) is 9.94 Å². The second-order valence-corrected chi connectivity index (χ2v) is 6.69. The second kappa shape index (κ2) is 8.02. The third-order valence-corrected chi connectivity index (χ3v) is 4.71. The fourth-order valence-corrected chi connectivity index (χ4v) is 3.18. The first kappa shape index (κ1) is 21.1. The van der Waals surface area contributed by atoms with Crippen molar-refractivity contribution in [3.05, 3.63) is 56.3 Å². The number of aliphatic carboxylic acids is 1. The number of aromatic nitrogens is 2. The third-order valence-electron chi connectivity index (χ3n) is 3.78. The molecule has 13 heteroatoms. The van der Waals surface area contributed by atoms with E-state index in [0.29, 0.717) is 16.1 Å². The molecule has 3 aromatic rings. The number of benzene rings is 1. The zero-order valence-corrected chi connectivity index (χ0v) is 15.6. The van der Waals surface area contributed by atoms with Crippen LogP contribution in [0.15, 0.2) is 34.4 Å². The van der Waals surface area contributed by atoms with Crippen molar-refractivity contribution in [1.29, 1.82) is 0 Å². The second-order valence-electron chi connectivity index (χ2n) is 5.83. The van der Waals surface area contributed by atoms with Gasteiger partial charge in [-0.1, -0.05) is 12.1 Å². The van der Waals surface area contributed by atoms with Gasteiger partial charge in [0.05, 0.1) is 11.2 Å². The lowest BCUT2D eigenvalue weighted by Crippen LogP contribution is -2.37. The molecule has 158 valence electrons. The Bertz CT molecular complexity index is 1190. The van der Waals surface area contributed by atoms with Gasteiger partial charge < -0.3 is 20.4 Å². The zero-order valence-electron chi connectivity index (χ0n) is 14.8. The van der Waals surface area contributed by atoms with Crippen LogP contribution in [0.2, 0.25) is 0 Å². The number of pyridine rings is 1. The molecule has 9 nitrogen and oxygen atoms in total. The minimum atomic E-state index is -4.62. The Kier molecular flexibility index (Phi) is 5.64. The highest BCUT2D eigenvalue weighted by Crippen LogP contribution is 2.31. The number of carbonyl (C=O) groups is 2. The van der Waals surface area contributed by atoms with Crippen molar-refractivity contribution in [1.82, 2.24) is 15.0 Å². The van der Waals surface area contributed by atoms with Crippen molar-refractivity contribution in [2.24, 2.45) is 0 Å².